The molecule has 10 nitrogen and oxygen atoms in total. The maximum absolute atomic E-state index is 12.6. The van der Waals surface area contributed by atoms with Crippen LogP contribution in [-0.4, -0.2) is 60.8 Å². The zero-order valence-electron chi connectivity index (χ0n) is 18.8. The molecule has 35 heavy (non-hydrogen) atoms. The Hall–Kier alpha value is -3.90. The highest BCUT2D eigenvalue weighted by molar-refractivity contribution is 5.96. The second-order valence-corrected chi connectivity index (χ2v) is 8.38. The summed E-state index contributed by atoms with van der Waals surface area (Å²) >= 11 is 0. The molecule has 0 spiro atoms. The first-order valence-corrected chi connectivity index (χ1v) is 11.3. The van der Waals surface area contributed by atoms with Crippen molar-refractivity contribution in [1.29, 1.82) is 0 Å². The minimum absolute atomic E-state index is 0.00383. The van der Waals surface area contributed by atoms with Gasteiger partial charge in [0.2, 0.25) is 5.82 Å². The number of aryl methyl sites for hydroxylation is 1. The van der Waals surface area contributed by atoms with Gasteiger partial charge in [-0.25, -0.2) is 19.7 Å². The number of aromatic nitrogens is 6. The smallest absolute Gasteiger partial charge is 0.355 e. The Morgan fingerprint density at radius 1 is 1.20 bits per heavy atom. The normalized spacial score (nSPS) is 15.3. The minimum Gasteiger partial charge on any atom is -0.355 e. The molecular formula is C22H23F3N8O2. The van der Waals surface area contributed by atoms with Gasteiger partial charge in [-0.15, -0.1) is 0 Å². The number of anilines is 1. The van der Waals surface area contributed by atoms with E-state index in [0.29, 0.717) is 49.5 Å². The topological polar surface area (TPSA) is 114 Å². The highest BCUT2D eigenvalue weighted by atomic mass is 19.4. The first-order chi connectivity index (χ1) is 16.8. The molecule has 1 fully saturated rings. The molecule has 1 aliphatic heterocycles. The fourth-order valence-electron chi connectivity index (χ4n) is 4.66. The molecule has 0 aliphatic carbocycles. The number of aromatic amines is 1. The van der Waals surface area contributed by atoms with Crippen LogP contribution < -0.4 is 15.9 Å². The Bertz CT molecular complexity index is 1450. The third-order valence-electron chi connectivity index (χ3n) is 6.23. The number of rotatable bonds is 5. The van der Waals surface area contributed by atoms with Crippen LogP contribution in [0.5, 0.6) is 0 Å². The lowest BCUT2D eigenvalue weighted by molar-refractivity contribution is -0.123. The molecule has 2 N–H and O–H groups in total. The number of imidazole rings is 2. The summed E-state index contributed by atoms with van der Waals surface area (Å²) in [7, 11) is 0. The predicted octanol–water partition coefficient (Wildman–Crippen LogP) is 2.62. The second kappa shape index (κ2) is 8.71. The zero-order chi connectivity index (χ0) is 24.7. The molecule has 184 valence electrons. The van der Waals surface area contributed by atoms with Gasteiger partial charge in [0, 0.05) is 25.7 Å². The SMILES string of the molecule is CCn1c(C(=O)NCC(F)(F)F)nc2c(N3CCC(n4c(=O)[nH]c5ccccc54)CC3)ncnc21. The van der Waals surface area contributed by atoms with Gasteiger partial charge in [-0.3, -0.25) is 9.36 Å². The number of carbonyl (C=O) groups excluding carboxylic acids is 1. The Morgan fingerprint density at radius 3 is 2.66 bits per heavy atom. The average Bonchev–Trinajstić information content (AvgIpc) is 3.39. The van der Waals surface area contributed by atoms with Crippen molar-refractivity contribution in [2.75, 3.05) is 24.5 Å². The number of hydrogen-bond donors (Lipinski definition) is 2. The van der Waals surface area contributed by atoms with E-state index in [4.69, 9.17) is 0 Å². The largest absolute Gasteiger partial charge is 0.405 e. The molecule has 1 aliphatic rings. The van der Waals surface area contributed by atoms with Crippen molar-refractivity contribution in [1.82, 2.24) is 34.4 Å². The Labute approximate surface area is 196 Å². The summed E-state index contributed by atoms with van der Waals surface area (Å²) in [4.78, 5) is 42.9. The number of halogens is 3. The number of alkyl halides is 3. The monoisotopic (exact) mass is 488 g/mol. The van der Waals surface area contributed by atoms with Crippen molar-refractivity contribution in [3.63, 3.8) is 0 Å². The number of H-pyrrole nitrogens is 1. The first-order valence-electron chi connectivity index (χ1n) is 11.3. The van der Waals surface area contributed by atoms with Crippen LogP contribution in [0.1, 0.15) is 36.4 Å². The molecule has 0 radical (unpaired) electrons. The van der Waals surface area contributed by atoms with Crippen molar-refractivity contribution >= 4 is 33.9 Å². The summed E-state index contributed by atoms with van der Waals surface area (Å²) in [6.07, 6.45) is -1.80. The Kier molecular flexibility index (Phi) is 5.69. The number of nitrogens with zero attached hydrogens (tertiary/aromatic N) is 6. The molecular weight excluding hydrogens is 465 g/mol. The van der Waals surface area contributed by atoms with E-state index in [1.807, 2.05) is 34.5 Å². The van der Waals surface area contributed by atoms with Crippen molar-refractivity contribution in [3.05, 3.63) is 46.9 Å². The number of hydrogen-bond acceptors (Lipinski definition) is 6. The van der Waals surface area contributed by atoms with Crippen LogP contribution >= 0.6 is 0 Å². The average molecular weight is 488 g/mol. The van der Waals surface area contributed by atoms with E-state index in [0.717, 1.165) is 11.0 Å². The number of carbonyl (C=O) groups is 1. The van der Waals surface area contributed by atoms with Gasteiger partial charge < -0.3 is 19.8 Å². The number of nitrogens with one attached hydrogen (secondary N) is 2. The molecule has 0 bridgehead atoms. The van der Waals surface area contributed by atoms with Gasteiger partial charge in [-0.1, -0.05) is 12.1 Å². The fraction of sp³-hybridized carbons (Fsp3) is 0.409. The van der Waals surface area contributed by atoms with E-state index in [-0.39, 0.29) is 17.6 Å². The van der Waals surface area contributed by atoms with E-state index < -0.39 is 18.6 Å². The molecule has 0 unspecified atom stereocenters. The molecule has 1 amide bonds. The predicted molar refractivity (Wildman–Crippen MR) is 122 cm³/mol. The lowest BCUT2D eigenvalue weighted by Crippen LogP contribution is -2.37. The van der Waals surface area contributed by atoms with Gasteiger partial charge in [-0.05, 0) is 31.9 Å². The summed E-state index contributed by atoms with van der Waals surface area (Å²) in [5.41, 5.74) is 2.24. The maximum Gasteiger partial charge on any atom is 0.405 e. The first kappa shape index (κ1) is 22.9. The quantitative estimate of drug-likeness (QED) is 0.447. The molecule has 13 heteroatoms. The van der Waals surface area contributed by atoms with Gasteiger partial charge in [0.25, 0.3) is 5.91 Å². The Morgan fingerprint density at radius 2 is 1.94 bits per heavy atom. The van der Waals surface area contributed by atoms with E-state index in [9.17, 15) is 22.8 Å². The molecule has 0 saturated carbocycles. The van der Waals surface area contributed by atoms with Crippen molar-refractivity contribution in [2.24, 2.45) is 0 Å². The van der Waals surface area contributed by atoms with Crippen molar-refractivity contribution < 1.29 is 18.0 Å². The van der Waals surface area contributed by atoms with Crippen LogP contribution in [0, 0.1) is 0 Å². The number of fused-ring (bicyclic) bond motifs is 2. The Balaban J connectivity index is 1.41. The van der Waals surface area contributed by atoms with Crippen LogP contribution in [-0.2, 0) is 6.54 Å². The van der Waals surface area contributed by atoms with Crippen LogP contribution in [0.3, 0.4) is 0 Å². The standard InChI is InChI=1S/C22H23F3N8O2/c1-2-32-18-16(30-19(32)20(34)26-11-22(23,24)25)17(27-12-28-18)31-9-7-13(8-10-31)33-15-6-4-3-5-14(15)29-21(33)35/h3-6,12-13H,2,7-11H2,1H3,(H,26,34)(H,29,35). The van der Waals surface area contributed by atoms with E-state index in [1.165, 1.54) is 10.9 Å². The number of para-hydroxylation sites is 2. The molecule has 0 atom stereocenters. The van der Waals surface area contributed by atoms with Crippen molar-refractivity contribution in [2.45, 2.75) is 38.5 Å². The van der Waals surface area contributed by atoms with Crippen LogP contribution in [0.15, 0.2) is 35.4 Å². The summed E-state index contributed by atoms with van der Waals surface area (Å²) in [6.45, 7) is 1.77. The summed E-state index contributed by atoms with van der Waals surface area (Å²) in [5, 5.41) is 1.87. The molecule has 4 aromatic rings. The van der Waals surface area contributed by atoms with Crippen LogP contribution in [0.2, 0.25) is 0 Å². The van der Waals surface area contributed by atoms with Gasteiger partial charge in [0.15, 0.2) is 17.0 Å². The number of benzene rings is 1. The maximum atomic E-state index is 12.6. The molecule has 3 aromatic heterocycles. The highest BCUT2D eigenvalue weighted by Crippen LogP contribution is 2.30. The summed E-state index contributed by atoms with van der Waals surface area (Å²) < 4.78 is 41.0. The lowest BCUT2D eigenvalue weighted by atomic mass is 10.0. The highest BCUT2D eigenvalue weighted by Gasteiger charge is 2.31. The van der Waals surface area contributed by atoms with E-state index in [1.54, 1.807) is 11.5 Å². The molecule has 5 rings (SSSR count). The fourth-order valence-corrected chi connectivity index (χ4v) is 4.66. The second-order valence-electron chi connectivity index (χ2n) is 8.38. The van der Waals surface area contributed by atoms with Crippen LogP contribution in [0.4, 0.5) is 19.0 Å². The third-order valence-corrected chi connectivity index (χ3v) is 6.23. The van der Waals surface area contributed by atoms with Crippen molar-refractivity contribution in [3.8, 4) is 0 Å². The van der Waals surface area contributed by atoms with Gasteiger partial charge in [0.05, 0.1) is 11.0 Å². The van der Waals surface area contributed by atoms with Gasteiger partial charge >= 0.3 is 11.9 Å². The number of piperidine rings is 1. The lowest BCUT2D eigenvalue weighted by Gasteiger charge is -2.33. The minimum atomic E-state index is -4.53. The molecule has 1 aromatic carbocycles. The zero-order valence-corrected chi connectivity index (χ0v) is 18.8. The van der Waals surface area contributed by atoms with E-state index >= 15 is 0 Å². The molecule has 4 heterocycles. The third kappa shape index (κ3) is 4.21. The number of amides is 1. The van der Waals surface area contributed by atoms with Gasteiger partial charge in [-0.2, -0.15) is 13.2 Å². The summed E-state index contributed by atoms with van der Waals surface area (Å²) in [5.74, 6) is -0.559. The van der Waals surface area contributed by atoms with Gasteiger partial charge in [0.1, 0.15) is 12.9 Å². The van der Waals surface area contributed by atoms with E-state index in [2.05, 4.69) is 19.9 Å². The summed E-state index contributed by atoms with van der Waals surface area (Å²) in [6, 6.07) is 7.55. The van der Waals surface area contributed by atoms with Crippen LogP contribution in [0.25, 0.3) is 22.2 Å². The molecule has 1 saturated heterocycles.